The second-order valence-corrected chi connectivity index (χ2v) is 6.37. The molecular weight excluding hydrogens is 260 g/mol. The molecule has 19 heavy (non-hydrogen) atoms. The Labute approximate surface area is 113 Å². The molecule has 0 amide bonds. The number of nitrogens with zero attached hydrogens (tertiary/aromatic N) is 1. The molecule has 0 bridgehead atoms. The number of hydrogen-bond donors (Lipinski definition) is 1. The molecule has 1 aromatic carbocycles. The van der Waals surface area contributed by atoms with Crippen molar-refractivity contribution in [3.8, 4) is 11.3 Å². The Morgan fingerprint density at radius 1 is 1.11 bits per heavy atom. The van der Waals surface area contributed by atoms with Crippen LogP contribution in [0, 0.1) is 0 Å². The van der Waals surface area contributed by atoms with E-state index in [0.717, 1.165) is 23.4 Å². The van der Waals surface area contributed by atoms with Gasteiger partial charge in [-0.2, -0.15) is 0 Å². The molecule has 0 spiro atoms. The predicted molar refractivity (Wildman–Crippen MR) is 75.5 cm³/mol. The van der Waals surface area contributed by atoms with Gasteiger partial charge in [-0.05, 0) is 30.8 Å². The van der Waals surface area contributed by atoms with Crippen molar-refractivity contribution < 1.29 is 8.42 Å². The summed E-state index contributed by atoms with van der Waals surface area (Å²) in [7, 11) is -3.16. The maximum absolute atomic E-state index is 11.4. The number of nitrogens with two attached hydrogens (primary N) is 1. The van der Waals surface area contributed by atoms with Crippen LogP contribution in [0.4, 0.5) is 0 Å². The van der Waals surface area contributed by atoms with Gasteiger partial charge in [0.05, 0.1) is 10.6 Å². The van der Waals surface area contributed by atoms with Crippen molar-refractivity contribution in [2.75, 3.05) is 12.8 Å². The molecule has 4 nitrogen and oxygen atoms in total. The van der Waals surface area contributed by atoms with Crippen molar-refractivity contribution in [1.29, 1.82) is 0 Å². The van der Waals surface area contributed by atoms with Gasteiger partial charge >= 0.3 is 0 Å². The first-order valence-electron chi connectivity index (χ1n) is 5.97. The molecule has 0 aliphatic carbocycles. The first kappa shape index (κ1) is 13.7. The molecule has 0 atom stereocenters. The van der Waals surface area contributed by atoms with Gasteiger partial charge < -0.3 is 5.73 Å². The van der Waals surface area contributed by atoms with Crippen molar-refractivity contribution >= 4 is 9.84 Å². The second kappa shape index (κ2) is 5.50. The minimum atomic E-state index is -3.16. The summed E-state index contributed by atoms with van der Waals surface area (Å²) in [4.78, 5) is 4.81. The molecule has 1 heterocycles. The Balaban J connectivity index is 2.34. The van der Waals surface area contributed by atoms with Crippen LogP contribution in [0.3, 0.4) is 0 Å². The molecule has 2 rings (SSSR count). The van der Waals surface area contributed by atoms with Crippen molar-refractivity contribution in [3.63, 3.8) is 0 Å². The van der Waals surface area contributed by atoms with E-state index in [0.29, 0.717) is 11.4 Å². The van der Waals surface area contributed by atoms with E-state index >= 15 is 0 Å². The fourth-order valence-electron chi connectivity index (χ4n) is 1.80. The lowest BCUT2D eigenvalue weighted by Gasteiger charge is -2.05. The number of rotatable bonds is 4. The lowest BCUT2D eigenvalue weighted by atomic mass is 10.1. The standard InChI is InChI=1S/C14H16N2O2S/c1-19(17,18)13-7-5-11(6-8-13)14-4-2-3-12(16-14)9-10-15/h2-8H,9-10,15H2,1H3. The normalized spacial score (nSPS) is 11.5. The Bertz CT molecular complexity index is 664. The highest BCUT2D eigenvalue weighted by Gasteiger charge is 2.07. The highest BCUT2D eigenvalue weighted by molar-refractivity contribution is 7.90. The van der Waals surface area contributed by atoms with Crippen LogP contribution < -0.4 is 5.73 Å². The quantitative estimate of drug-likeness (QED) is 0.921. The van der Waals surface area contributed by atoms with Crippen LogP contribution in [-0.4, -0.2) is 26.2 Å². The first-order valence-corrected chi connectivity index (χ1v) is 7.86. The summed E-state index contributed by atoms with van der Waals surface area (Å²) >= 11 is 0. The molecule has 0 aliphatic rings. The van der Waals surface area contributed by atoms with E-state index in [2.05, 4.69) is 4.98 Å². The van der Waals surface area contributed by atoms with Crippen molar-refractivity contribution in [2.24, 2.45) is 5.73 Å². The van der Waals surface area contributed by atoms with Crippen LogP contribution in [0.2, 0.25) is 0 Å². The molecule has 0 aliphatic heterocycles. The van der Waals surface area contributed by atoms with E-state index in [-0.39, 0.29) is 0 Å². The molecule has 5 heteroatoms. The maximum atomic E-state index is 11.4. The second-order valence-electron chi connectivity index (χ2n) is 4.35. The maximum Gasteiger partial charge on any atom is 0.175 e. The molecule has 0 unspecified atom stereocenters. The number of pyridine rings is 1. The van der Waals surface area contributed by atoms with Crippen LogP contribution in [-0.2, 0) is 16.3 Å². The topological polar surface area (TPSA) is 73.0 Å². The minimum absolute atomic E-state index is 0.314. The summed E-state index contributed by atoms with van der Waals surface area (Å²) < 4.78 is 22.8. The summed E-state index contributed by atoms with van der Waals surface area (Å²) in [6.07, 6.45) is 1.93. The largest absolute Gasteiger partial charge is 0.330 e. The van der Waals surface area contributed by atoms with E-state index in [1.54, 1.807) is 24.3 Å². The number of hydrogen-bond acceptors (Lipinski definition) is 4. The molecule has 0 radical (unpaired) electrons. The third-order valence-corrected chi connectivity index (χ3v) is 3.91. The smallest absolute Gasteiger partial charge is 0.175 e. The summed E-state index contributed by atoms with van der Waals surface area (Å²) in [5.74, 6) is 0. The Morgan fingerprint density at radius 3 is 2.37 bits per heavy atom. The lowest BCUT2D eigenvalue weighted by Crippen LogP contribution is -2.04. The van der Waals surface area contributed by atoms with Crippen LogP contribution in [0.15, 0.2) is 47.4 Å². The monoisotopic (exact) mass is 276 g/mol. The Morgan fingerprint density at radius 2 is 1.79 bits per heavy atom. The zero-order chi connectivity index (χ0) is 13.9. The van der Waals surface area contributed by atoms with E-state index in [1.807, 2.05) is 18.2 Å². The molecule has 0 saturated carbocycles. The van der Waals surface area contributed by atoms with Gasteiger partial charge in [0, 0.05) is 23.9 Å². The number of sulfone groups is 1. The molecular formula is C14H16N2O2S. The van der Waals surface area contributed by atoms with Crippen molar-refractivity contribution in [1.82, 2.24) is 4.98 Å². The van der Waals surface area contributed by atoms with Gasteiger partial charge in [-0.25, -0.2) is 8.42 Å². The molecule has 2 aromatic rings. The fourth-order valence-corrected chi connectivity index (χ4v) is 2.43. The van der Waals surface area contributed by atoms with E-state index < -0.39 is 9.84 Å². The molecule has 0 saturated heterocycles. The molecule has 0 fully saturated rings. The van der Waals surface area contributed by atoms with Crippen LogP contribution >= 0.6 is 0 Å². The van der Waals surface area contributed by atoms with E-state index in [4.69, 9.17) is 5.73 Å². The fraction of sp³-hybridized carbons (Fsp3) is 0.214. The summed E-state index contributed by atoms with van der Waals surface area (Å²) in [5.41, 5.74) is 8.17. The number of aromatic nitrogens is 1. The highest BCUT2D eigenvalue weighted by Crippen LogP contribution is 2.19. The Kier molecular flexibility index (Phi) is 3.97. The van der Waals surface area contributed by atoms with Gasteiger partial charge in [-0.3, -0.25) is 4.98 Å². The zero-order valence-corrected chi connectivity index (χ0v) is 11.5. The molecule has 1 aromatic heterocycles. The zero-order valence-electron chi connectivity index (χ0n) is 10.7. The average Bonchev–Trinajstić information content (AvgIpc) is 2.39. The van der Waals surface area contributed by atoms with Crippen molar-refractivity contribution in [2.45, 2.75) is 11.3 Å². The van der Waals surface area contributed by atoms with Gasteiger partial charge in [0.25, 0.3) is 0 Å². The summed E-state index contributed by atoms with van der Waals surface area (Å²) in [5, 5.41) is 0. The van der Waals surface area contributed by atoms with E-state index in [1.165, 1.54) is 6.26 Å². The molecule has 100 valence electrons. The predicted octanol–water partition coefficient (Wildman–Crippen LogP) is 1.65. The SMILES string of the molecule is CS(=O)(=O)c1ccc(-c2cccc(CCN)n2)cc1. The Hall–Kier alpha value is -1.72. The lowest BCUT2D eigenvalue weighted by molar-refractivity contribution is 0.602. The van der Waals surface area contributed by atoms with Crippen LogP contribution in [0.25, 0.3) is 11.3 Å². The third kappa shape index (κ3) is 3.39. The number of benzene rings is 1. The van der Waals surface area contributed by atoms with E-state index in [9.17, 15) is 8.42 Å². The average molecular weight is 276 g/mol. The highest BCUT2D eigenvalue weighted by atomic mass is 32.2. The minimum Gasteiger partial charge on any atom is -0.330 e. The molecule has 2 N–H and O–H groups in total. The summed E-state index contributed by atoms with van der Waals surface area (Å²) in [6.45, 7) is 0.559. The first-order chi connectivity index (χ1) is 9.00. The van der Waals surface area contributed by atoms with Crippen molar-refractivity contribution in [3.05, 3.63) is 48.2 Å². The van der Waals surface area contributed by atoms with Gasteiger partial charge in [0.1, 0.15) is 0 Å². The van der Waals surface area contributed by atoms with Gasteiger partial charge in [-0.15, -0.1) is 0 Å². The van der Waals surface area contributed by atoms with Gasteiger partial charge in [0.15, 0.2) is 9.84 Å². The summed E-state index contributed by atoms with van der Waals surface area (Å²) in [6, 6.07) is 12.5. The third-order valence-electron chi connectivity index (χ3n) is 2.79. The van der Waals surface area contributed by atoms with Gasteiger partial charge in [0.2, 0.25) is 0 Å². The van der Waals surface area contributed by atoms with Crippen LogP contribution in [0.1, 0.15) is 5.69 Å². The van der Waals surface area contributed by atoms with Crippen LogP contribution in [0.5, 0.6) is 0 Å². The van der Waals surface area contributed by atoms with Gasteiger partial charge in [-0.1, -0.05) is 18.2 Å².